The number of carbonyl (C=O) groups is 1. The molecule has 4 rings (SSSR count). The molecule has 3 heterocycles. The summed E-state index contributed by atoms with van der Waals surface area (Å²) in [4.78, 5) is 15.2. The van der Waals surface area contributed by atoms with Crippen LogP contribution in [0.5, 0.6) is 0 Å². The minimum Gasteiger partial charge on any atom is -0.343 e. The summed E-state index contributed by atoms with van der Waals surface area (Å²) in [7, 11) is -3.13. The Morgan fingerprint density at radius 2 is 1.56 bits per heavy atom. The Bertz CT molecular complexity index is 742. The van der Waals surface area contributed by atoms with Crippen LogP contribution < -0.4 is 5.43 Å². The van der Waals surface area contributed by atoms with Gasteiger partial charge >= 0.3 is 0 Å². The molecule has 0 aromatic heterocycles. The fourth-order valence-corrected chi connectivity index (χ4v) is 9.00. The van der Waals surface area contributed by atoms with Crippen molar-refractivity contribution >= 4 is 15.9 Å². The Balaban J connectivity index is 1.36. The molecule has 4 fully saturated rings. The molecule has 1 amide bonds. The molecule has 4 unspecified atom stereocenters. The lowest BCUT2D eigenvalue weighted by Crippen LogP contribution is -2.50. The minimum absolute atomic E-state index is 0.0180. The van der Waals surface area contributed by atoms with Gasteiger partial charge in [-0.2, -0.15) is 0 Å². The SMILES string of the molecule is CCN(CC)C(=O)C1C(C)NN2CCC(C3CCN(S(=O)(=O)C4CCCCC4)CC3)CC12. The summed E-state index contributed by atoms with van der Waals surface area (Å²) in [6, 6.07) is 0.440. The van der Waals surface area contributed by atoms with Gasteiger partial charge in [0.1, 0.15) is 0 Å². The van der Waals surface area contributed by atoms with Crippen molar-refractivity contribution in [1.29, 1.82) is 0 Å². The van der Waals surface area contributed by atoms with Gasteiger partial charge in [-0.15, -0.1) is 0 Å². The molecule has 0 aromatic rings. The zero-order valence-electron chi connectivity index (χ0n) is 20.3. The van der Waals surface area contributed by atoms with E-state index >= 15 is 0 Å². The Morgan fingerprint density at radius 3 is 2.19 bits per heavy atom. The standard InChI is InChI=1S/C24H44N4O3S/c1-4-26(5-2)24(29)23-18(3)25-28-16-13-20(17-22(23)28)19-11-14-27(15-12-19)32(30,31)21-9-7-6-8-10-21/h18-23,25H,4-17H2,1-3H3. The normalized spacial score (nSPS) is 33.8. The third-order valence-corrected chi connectivity index (χ3v) is 11.3. The summed E-state index contributed by atoms with van der Waals surface area (Å²) in [5, 5.41) is 2.18. The third-order valence-electron chi connectivity index (χ3n) is 8.87. The summed E-state index contributed by atoms with van der Waals surface area (Å²) >= 11 is 0. The van der Waals surface area contributed by atoms with Gasteiger partial charge in [0.2, 0.25) is 15.9 Å². The van der Waals surface area contributed by atoms with Crippen LogP contribution in [0.1, 0.15) is 78.6 Å². The van der Waals surface area contributed by atoms with E-state index in [4.69, 9.17) is 0 Å². The summed E-state index contributed by atoms with van der Waals surface area (Å²) < 4.78 is 28.0. The molecule has 8 heteroatoms. The number of fused-ring (bicyclic) bond motifs is 1. The van der Waals surface area contributed by atoms with E-state index in [-0.39, 0.29) is 29.2 Å². The molecule has 0 spiro atoms. The Hall–Kier alpha value is -0.700. The van der Waals surface area contributed by atoms with Gasteiger partial charge in [-0.1, -0.05) is 19.3 Å². The molecule has 7 nitrogen and oxygen atoms in total. The summed E-state index contributed by atoms with van der Waals surface area (Å²) in [5.41, 5.74) is 3.57. The highest BCUT2D eigenvalue weighted by Gasteiger charge is 2.48. The van der Waals surface area contributed by atoms with Crippen LogP contribution in [0.15, 0.2) is 0 Å². The zero-order valence-corrected chi connectivity index (χ0v) is 21.2. The number of piperidine rings is 2. The van der Waals surface area contributed by atoms with Crippen LogP contribution in [0.3, 0.4) is 0 Å². The van der Waals surface area contributed by atoms with Crippen LogP contribution in [0.25, 0.3) is 0 Å². The molecule has 1 aliphatic carbocycles. The molecule has 1 N–H and O–H groups in total. The predicted molar refractivity (Wildman–Crippen MR) is 127 cm³/mol. The van der Waals surface area contributed by atoms with Crippen LogP contribution in [-0.2, 0) is 14.8 Å². The highest BCUT2D eigenvalue weighted by molar-refractivity contribution is 7.89. The largest absolute Gasteiger partial charge is 0.343 e. The van der Waals surface area contributed by atoms with E-state index in [9.17, 15) is 13.2 Å². The number of hydrogen-bond donors (Lipinski definition) is 1. The maximum atomic E-state index is 13.2. The van der Waals surface area contributed by atoms with Gasteiger partial charge in [0.05, 0.1) is 11.2 Å². The molecule has 32 heavy (non-hydrogen) atoms. The van der Waals surface area contributed by atoms with Gasteiger partial charge in [0.15, 0.2) is 0 Å². The molecule has 0 radical (unpaired) electrons. The lowest BCUT2D eigenvalue weighted by atomic mass is 9.74. The van der Waals surface area contributed by atoms with E-state index in [0.29, 0.717) is 24.9 Å². The van der Waals surface area contributed by atoms with E-state index < -0.39 is 10.0 Å². The molecule has 1 saturated carbocycles. The van der Waals surface area contributed by atoms with Gasteiger partial charge < -0.3 is 4.90 Å². The second-order valence-corrected chi connectivity index (χ2v) is 12.8. The smallest absolute Gasteiger partial charge is 0.228 e. The Labute approximate surface area is 195 Å². The summed E-state index contributed by atoms with van der Waals surface area (Å²) in [6.07, 6.45) is 9.12. The molecule has 184 valence electrons. The van der Waals surface area contributed by atoms with E-state index in [1.165, 1.54) is 6.42 Å². The van der Waals surface area contributed by atoms with Crippen molar-refractivity contribution < 1.29 is 13.2 Å². The topological polar surface area (TPSA) is 73.0 Å². The van der Waals surface area contributed by atoms with Crippen LogP contribution in [0.4, 0.5) is 0 Å². The Kier molecular flexibility index (Phi) is 7.85. The van der Waals surface area contributed by atoms with Crippen molar-refractivity contribution in [3.05, 3.63) is 0 Å². The first-order chi connectivity index (χ1) is 15.4. The molecule has 3 aliphatic heterocycles. The molecule has 0 bridgehead atoms. The monoisotopic (exact) mass is 468 g/mol. The number of nitrogens with one attached hydrogen (secondary N) is 1. The van der Waals surface area contributed by atoms with Crippen molar-refractivity contribution in [2.75, 3.05) is 32.7 Å². The molecular weight excluding hydrogens is 424 g/mol. The van der Waals surface area contributed by atoms with Crippen LogP contribution in [0.2, 0.25) is 0 Å². The molecule has 4 aliphatic rings. The highest BCUT2D eigenvalue weighted by atomic mass is 32.2. The van der Waals surface area contributed by atoms with E-state index in [1.807, 2.05) is 4.90 Å². The zero-order chi connectivity index (χ0) is 22.9. The summed E-state index contributed by atoms with van der Waals surface area (Å²) in [6.45, 7) is 10.2. The van der Waals surface area contributed by atoms with Gasteiger partial charge in [0.25, 0.3) is 0 Å². The van der Waals surface area contributed by atoms with E-state index in [1.54, 1.807) is 4.31 Å². The van der Waals surface area contributed by atoms with Crippen molar-refractivity contribution in [1.82, 2.24) is 19.6 Å². The average molecular weight is 469 g/mol. The maximum Gasteiger partial charge on any atom is 0.228 e. The van der Waals surface area contributed by atoms with Crippen LogP contribution >= 0.6 is 0 Å². The molecule has 4 atom stereocenters. The lowest BCUT2D eigenvalue weighted by molar-refractivity contribution is -0.136. The Morgan fingerprint density at radius 1 is 0.938 bits per heavy atom. The van der Waals surface area contributed by atoms with Crippen LogP contribution in [-0.4, -0.2) is 78.6 Å². The average Bonchev–Trinajstić information content (AvgIpc) is 3.15. The fourth-order valence-electron chi connectivity index (χ4n) is 6.93. The maximum absolute atomic E-state index is 13.2. The third kappa shape index (κ3) is 4.75. The number of rotatable bonds is 6. The van der Waals surface area contributed by atoms with Gasteiger partial charge in [-0.25, -0.2) is 17.7 Å². The van der Waals surface area contributed by atoms with E-state index in [2.05, 4.69) is 31.2 Å². The van der Waals surface area contributed by atoms with Gasteiger partial charge in [-0.3, -0.25) is 10.2 Å². The van der Waals surface area contributed by atoms with Gasteiger partial charge in [-0.05, 0) is 71.1 Å². The quantitative estimate of drug-likeness (QED) is 0.649. The van der Waals surface area contributed by atoms with Gasteiger partial charge in [0, 0.05) is 44.8 Å². The first kappa shape index (κ1) is 24.4. The number of hydrogen-bond acceptors (Lipinski definition) is 5. The molecule has 3 saturated heterocycles. The minimum atomic E-state index is -3.13. The number of carbonyl (C=O) groups excluding carboxylic acids is 1. The van der Waals surface area contributed by atoms with Crippen molar-refractivity contribution in [2.24, 2.45) is 17.8 Å². The second kappa shape index (κ2) is 10.3. The highest BCUT2D eigenvalue weighted by Crippen LogP contribution is 2.40. The number of amides is 1. The molecular formula is C24H44N4O3S. The summed E-state index contributed by atoms with van der Waals surface area (Å²) in [5.74, 6) is 1.48. The van der Waals surface area contributed by atoms with Crippen molar-refractivity contribution in [3.8, 4) is 0 Å². The second-order valence-electron chi connectivity index (χ2n) is 10.5. The first-order valence-corrected chi connectivity index (χ1v) is 14.7. The molecule has 0 aromatic carbocycles. The fraction of sp³-hybridized carbons (Fsp3) is 0.958. The van der Waals surface area contributed by atoms with E-state index in [0.717, 1.165) is 71.0 Å². The number of hydrazine groups is 1. The van der Waals surface area contributed by atoms with Crippen molar-refractivity contribution in [3.63, 3.8) is 0 Å². The van der Waals surface area contributed by atoms with Crippen LogP contribution in [0, 0.1) is 17.8 Å². The first-order valence-electron chi connectivity index (χ1n) is 13.2. The van der Waals surface area contributed by atoms with Crippen molar-refractivity contribution in [2.45, 2.75) is 95.9 Å². The number of sulfonamides is 1. The number of nitrogens with zero attached hydrogens (tertiary/aromatic N) is 3. The predicted octanol–water partition coefficient (Wildman–Crippen LogP) is 2.83. The lowest BCUT2D eigenvalue weighted by Gasteiger charge is -2.43.